The molecular formula is C12H20N4O. The maximum atomic E-state index is 6.03. The molecule has 17 heavy (non-hydrogen) atoms. The standard InChI is InChI=1S/C12H20N4O/c1-14-7-4-5-9-11(14)16(3)12-10(17-9)13-6-8-15(12)2/h13H,4-8H2,1-3H3. The Balaban J connectivity index is 1.98. The summed E-state index contributed by atoms with van der Waals surface area (Å²) in [6.07, 6.45) is 2.20. The summed E-state index contributed by atoms with van der Waals surface area (Å²) >= 11 is 0. The number of nitrogens with zero attached hydrogens (tertiary/aromatic N) is 3. The number of ether oxygens (including phenoxy) is 1. The molecule has 0 fully saturated rings. The van der Waals surface area contributed by atoms with Crippen molar-refractivity contribution in [3.8, 4) is 0 Å². The summed E-state index contributed by atoms with van der Waals surface area (Å²) in [4.78, 5) is 6.78. The third-order valence-electron chi connectivity index (χ3n) is 3.67. The molecule has 94 valence electrons. The first-order valence-corrected chi connectivity index (χ1v) is 6.23. The van der Waals surface area contributed by atoms with Crippen molar-refractivity contribution in [1.29, 1.82) is 0 Å². The molecule has 0 aromatic rings. The van der Waals surface area contributed by atoms with E-state index >= 15 is 0 Å². The van der Waals surface area contributed by atoms with Crippen LogP contribution in [0.25, 0.3) is 0 Å². The smallest absolute Gasteiger partial charge is 0.234 e. The first kappa shape index (κ1) is 10.6. The van der Waals surface area contributed by atoms with Gasteiger partial charge in [0, 0.05) is 47.2 Å². The zero-order chi connectivity index (χ0) is 12.0. The van der Waals surface area contributed by atoms with Crippen LogP contribution in [0.2, 0.25) is 0 Å². The van der Waals surface area contributed by atoms with Gasteiger partial charge in [0.2, 0.25) is 5.88 Å². The van der Waals surface area contributed by atoms with Crippen molar-refractivity contribution in [2.75, 3.05) is 40.8 Å². The van der Waals surface area contributed by atoms with Crippen LogP contribution in [0.5, 0.6) is 0 Å². The lowest BCUT2D eigenvalue weighted by Gasteiger charge is -2.45. The van der Waals surface area contributed by atoms with E-state index in [1.807, 2.05) is 0 Å². The molecule has 0 aliphatic carbocycles. The highest BCUT2D eigenvalue weighted by molar-refractivity contribution is 5.25. The van der Waals surface area contributed by atoms with Gasteiger partial charge in [-0.2, -0.15) is 0 Å². The van der Waals surface area contributed by atoms with Crippen LogP contribution in [-0.4, -0.2) is 55.5 Å². The van der Waals surface area contributed by atoms with E-state index in [2.05, 4.69) is 41.2 Å². The quantitative estimate of drug-likeness (QED) is 0.662. The van der Waals surface area contributed by atoms with Crippen molar-refractivity contribution in [2.45, 2.75) is 12.8 Å². The summed E-state index contributed by atoms with van der Waals surface area (Å²) in [5.41, 5.74) is 0. The fourth-order valence-electron chi connectivity index (χ4n) is 2.86. The van der Waals surface area contributed by atoms with Gasteiger partial charge in [-0.05, 0) is 6.42 Å². The van der Waals surface area contributed by atoms with Crippen LogP contribution in [0.4, 0.5) is 0 Å². The van der Waals surface area contributed by atoms with E-state index in [-0.39, 0.29) is 0 Å². The number of hydrogen-bond donors (Lipinski definition) is 1. The molecule has 0 bridgehead atoms. The number of nitrogens with one attached hydrogen (secondary N) is 1. The highest BCUT2D eigenvalue weighted by Crippen LogP contribution is 2.34. The summed E-state index contributed by atoms with van der Waals surface area (Å²) in [7, 11) is 6.37. The summed E-state index contributed by atoms with van der Waals surface area (Å²) in [5.74, 6) is 4.37. The van der Waals surface area contributed by atoms with E-state index in [0.29, 0.717) is 0 Å². The first-order chi connectivity index (χ1) is 8.18. The fourth-order valence-corrected chi connectivity index (χ4v) is 2.86. The van der Waals surface area contributed by atoms with Gasteiger partial charge in [-0.15, -0.1) is 0 Å². The highest BCUT2D eigenvalue weighted by atomic mass is 16.5. The van der Waals surface area contributed by atoms with Crippen LogP contribution in [-0.2, 0) is 4.74 Å². The minimum absolute atomic E-state index is 0.912. The maximum Gasteiger partial charge on any atom is 0.234 e. The van der Waals surface area contributed by atoms with Gasteiger partial charge in [-0.25, -0.2) is 0 Å². The molecule has 5 heteroatoms. The van der Waals surface area contributed by atoms with E-state index < -0.39 is 0 Å². The van der Waals surface area contributed by atoms with E-state index in [1.165, 1.54) is 12.2 Å². The molecule has 0 spiro atoms. The number of hydrogen-bond acceptors (Lipinski definition) is 5. The average molecular weight is 236 g/mol. The van der Waals surface area contributed by atoms with E-state index in [4.69, 9.17) is 4.74 Å². The molecule has 0 aromatic carbocycles. The van der Waals surface area contributed by atoms with Gasteiger partial charge in [0.05, 0.1) is 0 Å². The van der Waals surface area contributed by atoms with Gasteiger partial charge in [-0.3, -0.25) is 0 Å². The Morgan fingerprint density at radius 1 is 1.06 bits per heavy atom. The largest absolute Gasteiger partial charge is 0.438 e. The van der Waals surface area contributed by atoms with Crippen LogP contribution in [0, 0.1) is 0 Å². The number of allylic oxidation sites excluding steroid dienone is 1. The Labute approximate surface area is 102 Å². The van der Waals surface area contributed by atoms with Crippen molar-refractivity contribution in [3.63, 3.8) is 0 Å². The molecule has 0 aromatic heterocycles. The van der Waals surface area contributed by atoms with Crippen molar-refractivity contribution in [2.24, 2.45) is 0 Å². The van der Waals surface area contributed by atoms with Gasteiger partial charge >= 0.3 is 0 Å². The molecule has 3 aliphatic rings. The van der Waals surface area contributed by atoms with E-state index in [1.54, 1.807) is 0 Å². The van der Waals surface area contributed by atoms with Crippen molar-refractivity contribution in [3.05, 3.63) is 23.3 Å². The molecule has 0 saturated heterocycles. The topological polar surface area (TPSA) is 31.0 Å². The van der Waals surface area contributed by atoms with Gasteiger partial charge in [-0.1, -0.05) is 0 Å². The molecule has 0 radical (unpaired) electrons. The zero-order valence-corrected chi connectivity index (χ0v) is 10.8. The van der Waals surface area contributed by atoms with Gasteiger partial charge in [0.25, 0.3) is 0 Å². The lowest BCUT2D eigenvalue weighted by Crippen LogP contribution is -2.48. The first-order valence-electron chi connectivity index (χ1n) is 6.23. The number of likely N-dealkylation sites (N-methyl/N-ethyl adjacent to an activating group) is 1. The van der Waals surface area contributed by atoms with E-state index in [0.717, 1.165) is 43.5 Å². The molecule has 3 rings (SSSR count). The normalized spacial score (nSPS) is 24.3. The molecule has 0 saturated carbocycles. The van der Waals surface area contributed by atoms with Crippen molar-refractivity contribution < 1.29 is 4.74 Å². The Bertz CT molecular complexity index is 365. The lowest BCUT2D eigenvalue weighted by molar-refractivity contribution is 0.102. The molecule has 0 unspecified atom stereocenters. The van der Waals surface area contributed by atoms with Crippen molar-refractivity contribution in [1.82, 2.24) is 20.0 Å². The highest BCUT2D eigenvalue weighted by Gasteiger charge is 2.34. The van der Waals surface area contributed by atoms with Gasteiger partial charge < -0.3 is 24.8 Å². The molecule has 3 aliphatic heterocycles. The molecule has 0 atom stereocenters. The summed E-state index contributed by atoms with van der Waals surface area (Å²) in [5, 5.41) is 3.35. The predicted octanol–water partition coefficient (Wildman–Crippen LogP) is 0.505. The zero-order valence-electron chi connectivity index (χ0n) is 10.8. The van der Waals surface area contributed by atoms with Crippen LogP contribution < -0.4 is 5.32 Å². The second-order valence-electron chi connectivity index (χ2n) is 4.93. The molecule has 1 N–H and O–H groups in total. The van der Waals surface area contributed by atoms with Crippen LogP contribution >= 0.6 is 0 Å². The summed E-state index contributed by atoms with van der Waals surface area (Å²) in [6, 6.07) is 0. The Morgan fingerprint density at radius 2 is 1.82 bits per heavy atom. The third kappa shape index (κ3) is 1.52. The predicted molar refractivity (Wildman–Crippen MR) is 65.4 cm³/mol. The van der Waals surface area contributed by atoms with Crippen LogP contribution in [0.3, 0.4) is 0 Å². The maximum absolute atomic E-state index is 6.03. The Kier molecular flexibility index (Phi) is 2.34. The molecule has 0 amide bonds. The van der Waals surface area contributed by atoms with E-state index in [9.17, 15) is 0 Å². The Morgan fingerprint density at radius 3 is 2.65 bits per heavy atom. The minimum atomic E-state index is 0.912. The minimum Gasteiger partial charge on any atom is -0.438 e. The summed E-state index contributed by atoms with van der Waals surface area (Å²) in [6.45, 7) is 3.06. The lowest BCUT2D eigenvalue weighted by atomic mass is 10.1. The Hall–Kier alpha value is -1.52. The van der Waals surface area contributed by atoms with Crippen molar-refractivity contribution >= 4 is 0 Å². The SMILES string of the molecule is CN1CCCC2=C1N(C)C1=C(NCCN1C)O2. The van der Waals surface area contributed by atoms with Crippen LogP contribution in [0.1, 0.15) is 12.8 Å². The van der Waals surface area contributed by atoms with Gasteiger partial charge in [0.15, 0.2) is 5.82 Å². The molecule has 3 heterocycles. The third-order valence-corrected chi connectivity index (χ3v) is 3.67. The number of rotatable bonds is 0. The second-order valence-corrected chi connectivity index (χ2v) is 4.93. The summed E-state index contributed by atoms with van der Waals surface area (Å²) < 4.78 is 6.03. The molecular weight excluding hydrogens is 216 g/mol. The van der Waals surface area contributed by atoms with Gasteiger partial charge in [0.1, 0.15) is 11.6 Å². The fraction of sp³-hybridized carbons (Fsp3) is 0.667. The average Bonchev–Trinajstić information content (AvgIpc) is 2.28. The van der Waals surface area contributed by atoms with Crippen LogP contribution in [0.15, 0.2) is 23.3 Å². The molecule has 5 nitrogen and oxygen atoms in total. The monoisotopic (exact) mass is 236 g/mol. The second kappa shape index (κ2) is 3.75.